The highest BCUT2D eigenvalue weighted by molar-refractivity contribution is 7.80. The molecule has 30 heavy (non-hydrogen) atoms. The Morgan fingerprint density at radius 3 is 2.60 bits per heavy atom. The summed E-state index contributed by atoms with van der Waals surface area (Å²) in [5.41, 5.74) is 7.38. The van der Waals surface area contributed by atoms with Crippen molar-refractivity contribution in [2.75, 3.05) is 6.54 Å². The van der Waals surface area contributed by atoms with E-state index in [1.165, 1.54) is 0 Å². The lowest BCUT2D eigenvalue weighted by Gasteiger charge is -2.21. The van der Waals surface area contributed by atoms with Crippen molar-refractivity contribution in [2.45, 2.75) is 65.4 Å². The maximum absolute atomic E-state index is 12.4. The topological polar surface area (TPSA) is 97.2 Å². The van der Waals surface area contributed by atoms with Crippen LogP contribution in [0.25, 0.3) is 10.9 Å². The van der Waals surface area contributed by atoms with Gasteiger partial charge in [0.2, 0.25) is 0 Å². The number of nitrogens with two attached hydrogens (primary N) is 1. The minimum absolute atomic E-state index is 0.135. The van der Waals surface area contributed by atoms with Crippen LogP contribution in [0.2, 0.25) is 0 Å². The molecule has 2 aromatic rings. The molecule has 164 valence electrons. The number of hydrogen-bond donors (Lipinski definition) is 3. The van der Waals surface area contributed by atoms with E-state index in [0.717, 1.165) is 42.1 Å². The summed E-state index contributed by atoms with van der Waals surface area (Å²) in [6, 6.07) is 7.39. The number of ether oxygens (including phenoxy) is 1. The fourth-order valence-electron chi connectivity index (χ4n) is 3.33. The fraction of sp³-hybridized carbons (Fsp3) is 0.522. The number of aromatic amines is 1. The minimum atomic E-state index is -0.444. The second-order valence-corrected chi connectivity index (χ2v) is 9.11. The third kappa shape index (κ3) is 7.44. The molecular weight excluding hydrogens is 398 g/mol. The fourth-order valence-corrected chi connectivity index (χ4v) is 3.46. The van der Waals surface area contributed by atoms with Crippen LogP contribution < -0.4 is 11.1 Å². The van der Waals surface area contributed by atoms with Gasteiger partial charge in [0.1, 0.15) is 16.3 Å². The number of carbonyl (C=O) groups is 2. The Balaban J connectivity index is 1.75. The van der Waals surface area contributed by atoms with Gasteiger partial charge in [-0.25, -0.2) is 0 Å². The minimum Gasteiger partial charge on any atom is -0.460 e. The van der Waals surface area contributed by atoms with E-state index >= 15 is 0 Å². The van der Waals surface area contributed by atoms with Gasteiger partial charge < -0.3 is 20.8 Å². The van der Waals surface area contributed by atoms with Crippen LogP contribution in [0.3, 0.4) is 0 Å². The lowest BCUT2D eigenvalue weighted by atomic mass is 9.95. The quantitative estimate of drug-likeness (QED) is 0.293. The Morgan fingerprint density at radius 1 is 1.23 bits per heavy atom. The summed E-state index contributed by atoms with van der Waals surface area (Å²) >= 11 is 5.00. The molecular formula is C23H33N3O3S. The van der Waals surface area contributed by atoms with Gasteiger partial charge >= 0.3 is 5.97 Å². The van der Waals surface area contributed by atoms with E-state index in [0.29, 0.717) is 29.6 Å². The number of aromatic nitrogens is 1. The van der Waals surface area contributed by atoms with Crippen molar-refractivity contribution in [2.24, 2.45) is 11.7 Å². The molecule has 0 radical (unpaired) electrons. The number of fused-ring (bicyclic) bond motifs is 1. The standard InChI is InChI=1S/C23H33N3O3S/c1-5-15(12-20(27)29-23(2,3)4)8-6-7-11-25-22(28)19-14-17-13-16(21(24)30)9-10-18(17)26-19/h9-10,13-15,26H,5-8,11-12H2,1-4H3,(H2,24,30)(H,25,28). The van der Waals surface area contributed by atoms with Crippen LogP contribution in [-0.2, 0) is 9.53 Å². The number of amides is 1. The van der Waals surface area contributed by atoms with Gasteiger partial charge in [0.25, 0.3) is 5.91 Å². The first-order valence-electron chi connectivity index (χ1n) is 10.5. The monoisotopic (exact) mass is 431 g/mol. The Hall–Kier alpha value is -2.41. The van der Waals surface area contributed by atoms with E-state index in [2.05, 4.69) is 17.2 Å². The lowest BCUT2D eigenvalue weighted by molar-refractivity contribution is -0.156. The first kappa shape index (κ1) is 23.9. The summed E-state index contributed by atoms with van der Waals surface area (Å²) in [6.07, 6.45) is 4.14. The average Bonchev–Trinajstić information content (AvgIpc) is 3.08. The SMILES string of the molecule is CCC(CCCCNC(=O)c1cc2cc(C(N)=S)ccc2[nH]1)CC(=O)OC(C)(C)C. The number of carbonyl (C=O) groups excluding carboxylic acids is 2. The highest BCUT2D eigenvalue weighted by Gasteiger charge is 2.19. The molecule has 0 saturated carbocycles. The van der Waals surface area contributed by atoms with E-state index in [-0.39, 0.29) is 11.9 Å². The molecule has 1 aromatic heterocycles. The van der Waals surface area contributed by atoms with Crippen molar-refractivity contribution in [1.29, 1.82) is 0 Å². The van der Waals surface area contributed by atoms with Crippen LogP contribution in [0.15, 0.2) is 24.3 Å². The Morgan fingerprint density at radius 2 is 1.97 bits per heavy atom. The molecule has 6 nitrogen and oxygen atoms in total. The first-order chi connectivity index (χ1) is 14.1. The zero-order chi connectivity index (χ0) is 22.3. The van der Waals surface area contributed by atoms with Crippen LogP contribution >= 0.6 is 12.2 Å². The molecule has 1 heterocycles. The molecule has 4 N–H and O–H groups in total. The highest BCUT2D eigenvalue weighted by atomic mass is 32.1. The average molecular weight is 432 g/mol. The van der Waals surface area contributed by atoms with Crippen LogP contribution in [0.4, 0.5) is 0 Å². The Labute approximate surface area is 183 Å². The largest absolute Gasteiger partial charge is 0.460 e. The van der Waals surface area contributed by atoms with Crippen LogP contribution in [-0.4, -0.2) is 34.0 Å². The number of rotatable bonds is 10. The maximum atomic E-state index is 12.4. The molecule has 1 unspecified atom stereocenters. The van der Waals surface area contributed by atoms with Gasteiger partial charge in [-0.3, -0.25) is 9.59 Å². The van der Waals surface area contributed by atoms with Gasteiger partial charge in [0.05, 0.1) is 0 Å². The van der Waals surface area contributed by atoms with Crippen molar-refractivity contribution in [3.8, 4) is 0 Å². The van der Waals surface area contributed by atoms with Crippen molar-refractivity contribution >= 4 is 40.0 Å². The molecule has 0 spiro atoms. The van der Waals surface area contributed by atoms with Gasteiger partial charge in [-0.1, -0.05) is 32.0 Å². The molecule has 0 aliphatic rings. The van der Waals surface area contributed by atoms with Crippen LogP contribution in [0.1, 0.15) is 75.9 Å². The molecule has 0 saturated heterocycles. The number of unbranched alkanes of at least 4 members (excludes halogenated alkanes) is 1. The number of benzene rings is 1. The molecule has 1 amide bonds. The first-order valence-corrected chi connectivity index (χ1v) is 10.9. The number of esters is 1. The van der Waals surface area contributed by atoms with E-state index in [4.69, 9.17) is 22.7 Å². The van der Waals surface area contributed by atoms with Gasteiger partial charge in [0, 0.05) is 29.4 Å². The Bertz CT molecular complexity index is 899. The summed E-state index contributed by atoms with van der Waals surface area (Å²) in [6.45, 7) is 8.33. The molecule has 0 fully saturated rings. The molecule has 7 heteroatoms. The lowest BCUT2D eigenvalue weighted by Crippen LogP contribution is -2.25. The zero-order valence-corrected chi connectivity index (χ0v) is 19.2. The van der Waals surface area contributed by atoms with Crippen molar-refractivity contribution in [3.63, 3.8) is 0 Å². The summed E-state index contributed by atoms with van der Waals surface area (Å²) < 4.78 is 5.41. The molecule has 1 aromatic carbocycles. The van der Waals surface area contributed by atoms with E-state index < -0.39 is 5.60 Å². The third-order valence-electron chi connectivity index (χ3n) is 4.93. The van der Waals surface area contributed by atoms with E-state index in [1.54, 1.807) is 6.07 Å². The second-order valence-electron chi connectivity index (χ2n) is 8.67. The predicted octanol–water partition coefficient (Wildman–Crippen LogP) is 4.46. The van der Waals surface area contributed by atoms with Crippen LogP contribution in [0, 0.1) is 5.92 Å². The molecule has 0 aliphatic carbocycles. The normalized spacial score (nSPS) is 12.5. The molecule has 0 aliphatic heterocycles. The molecule has 0 bridgehead atoms. The van der Waals surface area contributed by atoms with Crippen molar-refractivity contribution in [1.82, 2.24) is 10.3 Å². The van der Waals surface area contributed by atoms with E-state index in [9.17, 15) is 9.59 Å². The summed E-state index contributed by atoms with van der Waals surface area (Å²) in [4.78, 5) is 27.9. The number of nitrogens with one attached hydrogen (secondary N) is 2. The maximum Gasteiger partial charge on any atom is 0.306 e. The number of hydrogen-bond acceptors (Lipinski definition) is 4. The smallest absolute Gasteiger partial charge is 0.306 e. The van der Waals surface area contributed by atoms with Gasteiger partial charge in [-0.05, 0) is 63.8 Å². The number of thiocarbonyl (C=S) groups is 1. The van der Waals surface area contributed by atoms with Crippen molar-refractivity contribution in [3.05, 3.63) is 35.5 Å². The second kappa shape index (κ2) is 10.6. The van der Waals surface area contributed by atoms with Gasteiger partial charge in [-0.15, -0.1) is 0 Å². The summed E-state index contributed by atoms with van der Waals surface area (Å²) in [5.74, 6) is 0.0379. The third-order valence-corrected chi connectivity index (χ3v) is 5.16. The highest BCUT2D eigenvalue weighted by Crippen LogP contribution is 2.20. The van der Waals surface area contributed by atoms with Crippen LogP contribution in [0.5, 0.6) is 0 Å². The van der Waals surface area contributed by atoms with E-state index in [1.807, 2.05) is 39.0 Å². The molecule has 1 atom stereocenters. The van der Waals surface area contributed by atoms with Gasteiger partial charge in [-0.2, -0.15) is 0 Å². The molecule has 2 rings (SSSR count). The van der Waals surface area contributed by atoms with Gasteiger partial charge in [0.15, 0.2) is 0 Å². The van der Waals surface area contributed by atoms with Crippen molar-refractivity contribution < 1.29 is 14.3 Å². The summed E-state index contributed by atoms with van der Waals surface area (Å²) in [5, 5.41) is 3.85. The Kier molecular flexibility index (Phi) is 8.41. The number of H-pyrrole nitrogens is 1. The summed E-state index contributed by atoms with van der Waals surface area (Å²) in [7, 11) is 0. The predicted molar refractivity (Wildman–Crippen MR) is 125 cm³/mol. The zero-order valence-electron chi connectivity index (χ0n) is 18.3.